The van der Waals surface area contributed by atoms with E-state index in [1.54, 1.807) is 22.2 Å². The summed E-state index contributed by atoms with van der Waals surface area (Å²) in [6.45, 7) is 7.81. The molecule has 1 aromatic rings. The lowest BCUT2D eigenvalue weighted by Crippen LogP contribution is -2.44. The summed E-state index contributed by atoms with van der Waals surface area (Å²) in [7, 11) is -3.49. The minimum absolute atomic E-state index is 0.0108. The number of hydrogen-bond donors (Lipinski definition) is 0. The second kappa shape index (κ2) is 8.14. The molecule has 2 aliphatic heterocycles. The topological polar surface area (TPSA) is 66.9 Å². The molecule has 2 fully saturated rings. The summed E-state index contributed by atoms with van der Waals surface area (Å²) in [6, 6.07) is 5.54. The predicted molar refractivity (Wildman–Crippen MR) is 107 cm³/mol. The van der Waals surface area contributed by atoms with E-state index in [1.165, 1.54) is 0 Å². The van der Waals surface area contributed by atoms with Gasteiger partial charge in [-0.25, -0.2) is 13.2 Å². The van der Waals surface area contributed by atoms with Crippen LogP contribution in [0.15, 0.2) is 23.1 Å². The van der Waals surface area contributed by atoms with Crippen LogP contribution in [0.1, 0.15) is 37.3 Å². The van der Waals surface area contributed by atoms with Crippen molar-refractivity contribution in [2.45, 2.75) is 44.9 Å². The van der Waals surface area contributed by atoms with Crippen molar-refractivity contribution in [1.82, 2.24) is 9.21 Å². The molecule has 152 valence electrons. The van der Waals surface area contributed by atoms with Gasteiger partial charge in [-0.05, 0) is 62.6 Å². The second-order valence-electron chi connectivity index (χ2n) is 7.83. The highest BCUT2D eigenvalue weighted by molar-refractivity contribution is 7.89. The number of aryl methyl sites for hydroxylation is 2. The summed E-state index contributed by atoms with van der Waals surface area (Å²) in [5, 5.41) is 0. The zero-order valence-corrected chi connectivity index (χ0v) is 17.6. The third-order valence-corrected chi connectivity index (χ3v) is 7.93. The largest absolute Gasteiger partial charge is 0.436 e. The number of hydrogen-bond acceptors (Lipinski definition) is 4. The third-order valence-electron chi connectivity index (χ3n) is 5.89. The molecule has 3 rings (SSSR count). The molecule has 2 saturated heterocycles. The van der Waals surface area contributed by atoms with Gasteiger partial charge in [0.15, 0.2) is 6.61 Å². The first-order chi connectivity index (χ1) is 13.3. The molecule has 28 heavy (non-hydrogen) atoms. The molecule has 1 spiro atoms. The number of rotatable bonds is 3. The molecule has 0 aromatic heterocycles. The van der Waals surface area contributed by atoms with Gasteiger partial charge in [0.2, 0.25) is 10.0 Å². The van der Waals surface area contributed by atoms with E-state index in [0.29, 0.717) is 31.1 Å². The second-order valence-corrected chi connectivity index (χ2v) is 9.73. The van der Waals surface area contributed by atoms with Gasteiger partial charge in [0.25, 0.3) is 0 Å². The Hall–Kier alpha value is -2.04. The van der Waals surface area contributed by atoms with Crippen LogP contribution in [-0.4, -0.2) is 56.5 Å². The maximum atomic E-state index is 13.1. The van der Waals surface area contributed by atoms with Gasteiger partial charge in [0, 0.05) is 26.2 Å². The molecule has 1 amide bonds. The highest BCUT2D eigenvalue weighted by Gasteiger charge is 2.44. The maximum Gasteiger partial charge on any atom is 0.410 e. The number of piperidine rings is 1. The summed E-state index contributed by atoms with van der Waals surface area (Å²) in [5.41, 5.74) is 1.70. The molecule has 1 aromatic carbocycles. The fourth-order valence-corrected chi connectivity index (χ4v) is 5.84. The van der Waals surface area contributed by atoms with E-state index in [-0.39, 0.29) is 18.1 Å². The number of benzene rings is 1. The molecule has 6 nitrogen and oxygen atoms in total. The van der Waals surface area contributed by atoms with Crippen molar-refractivity contribution in [2.24, 2.45) is 5.41 Å². The molecule has 0 radical (unpaired) electrons. The maximum absolute atomic E-state index is 13.1. The van der Waals surface area contributed by atoms with Crippen molar-refractivity contribution in [3.8, 4) is 11.8 Å². The average molecular weight is 405 g/mol. The molecular weight excluding hydrogens is 376 g/mol. The van der Waals surface area contributed by atoms with Crippen molar-refractivity contribution in [3.63, 3.8) is 0 Å². The lowest BCUT2D eigenvalue weighted by atomic mass is 9.78. The predicted octanol–water partition coefficient (Wildman–Crippen LogP) is 2.94. The van der Waals surface area contributed by atoms with E-state index in [0.717, 1.165) is 30.4 Å². The average Bonchev–Trinajstić information content (AvgIpc) is 3.08. The fourth-order valence-electron chi connectivity index (χ4n) is 4.09. The van der Waals surface area contributed by atoms with Gasteiger partial charge in [-0.2, -0.15) is 4.31 Å². The Morgan fingerprint density at radius 2 is 1.86 bits per heavy atom. The lowest BCUT2D eigenvalue weighted by molar-refractivity contribution is 0.108. The molecular formula is C21H28N2O4S. The first kappa shape index (κ1) is 20.7. The van der Waals surface area contributed by atoms with Crippen LogP contribution in [0.3, 0.4) is 0 Å². The number of carbonyl (C=O) groups is 1. The van der Waals surface area contributed by atoms with E-state index in [9.17, 15) is 13.2 Å². The zero-order valence-electron chi connectivity index (χ0n) is 16.8. The minimum atomic E-state index is -3.49. The van der Waals surface area contributed by atoms with E-state index in [4.69, 9.17) is 4.74 Å². The molecule has 0 saturated carbocycles. The number of carbonyl (C=O) groups excluding carboxylic acids is 1. The standard InChI is InChI=1S/C21H28N2O4S/c1-4-5-14-27-20(24)22-11-8-21(16-22)9-12-23(13-10-21)28(25,26)19-15-17(2)6-7-18(19)3/h6-7,15H,8-14,16H2,1-3H3. The Labute approximate surface area is 167 Å². The molecule has 0 aliphatic carbocycles. The van der Waals surface area contributed by atoms with Crippen molar-refractivity contribution in [2.75, 3.05) is 32.8 Å². The monoisotopic (exact) mass is 404 g/mol. The third kappa shape index (κ3) is 4.18. The van der Waals surface area contributed by atoms with Crippen LogP contribution in [0, 0.1) is 31.1 Å². The Kier molecular flexibility index (Phi) is 6.01. The van der Waals surface area contributed by atoms with Crippen molar-refractivity contribution >= 4 is 16.1 Å². The van der Waals surface area contributed by atoms with Crippen LogP contribution in [0.25, 0.3) is 0 Å². The summed E-state index contributed by atoms with van der Waals surface area (Å²) >= 11 is 0. The minimum Gasteiger partial charge on any atom is -0.436 e. The van der Waals surface area contributed by atoms with E-state index in [1.807, 2.05) is 26.0 Å². The van der Waals surface area contributed by atoms with E-state index in [2.05, 4.69) is 11.8 Å². The Morgan fingerprint density at radius 3 is 2.54 bits per heavy atom. The van der Waals surface area contributed by atoms with Gasteiger partial charge >= 0.3 is 6.09 Å². The zero-order chi connectivity index (χ0) is 20.4. The van der Waals surface area contributed by atoms with Gasteiger partial charge in [0.05, 0.1) is 4.90 Å². The number of likely N-dealkylation sites (tertiary alicyclic amines) is 1. The first-order valence-corrected chi connectivity index (χ1v) is 11.1. The highest BCUT2D eigenvalue weighted by Crippen LogP contribution is 2.41. The lowest BCUT2D eigenvalue weighted by Gasteiger charge is -2.38. The molecule has 7 heteroatoms. The molecule has 0 bridgehead atoms. The molecule has 2 aliphatic rings. The number of ether oxygens (including phenoxy) is 1. The normalized spacial score (nSPS) is 19.3. The summed E-state index contributed by atoms with van der Waals surface area (Å²) in [5.74, 6) is 5.43. The van der Waals surface area contributed by atoms with E-state index >= 15 is 0 Å². The molecule has 0 unspecified atom stereocenters. The van der Waals surface area contributed by atoms with Gasteiger partial charge in [-0.15, -0.1) is 5.92 Å². The molecule has 0 N–H and O–H groups in total. The molecule has 0 atom stereocenters. The van der Waals surface area contributed by atoms with Crippen molar-refractivity contribution < 1.29 is 17.9 Å². The number of nitrogens with zero attached hydrogens (tertiary/aromatic N) is 2. The van der Waals surface area contributed by atoms with Crippen LogP contribution < -0.4 is 0 Å². The van der Waals surface area contributed by atoms with Crippen LogP contribution in [0.5, 0.6) is 0 Å². The van der Waals surface area contributed by atoms with Gasteiger partial charge in [-0.3, -0.25) is 0 Å². The number of sulfonamides is 1. The van der Waals surface area contributed by atoms with E-state index < -0.39 is 10.0 Å². The first-order valence-electron chi connectivity index (χ1n) is 9.66. The van der Waals surface area contributed by atoms with Gasteiger partial charge < -0.3 is 9.64 Å². The van der Waals surface area contributed by atoms with Crippen LogP contribution in [0.2, 0.25) is 0 Å². The molecule has 2 heterocycles. The summed E-state index contributed by atoms with van der Waals surface area (Å²) in [6.07, 6.45) is 2.08. The highest BCUT2D eigenvalue weighted by atomic mass is 32.2. The van der Waals surface area contributed by atoms with Gasteiger partial charge in [0.1, 0.15) is 0 Å². The summed E-state index contributed by atoms with van der Waals surface area (Å²) in [4.78, 5) is 14.3. The quantitative estimate of drug-likeness (QED) is 0.727. The Balaban J connectivity index is 1.63. The fraction of sp³-hybridized carbons (Fsp3) is 0.571. The summed E-state index contributed by atoms with van der Waals surface area (Å²) < 4.78 is 33.0. The van der Waals surface area contributed by atoms with Crippen molar-refractivity contribution in [1.29, 1.82) is 0 Å². The Bertz CT molecular complexity index is 906. The van der Waals surface area contributed by atoms with Crippen LogP contribution in [0.4, 0.5) is 4.79 Å². The van der Waals surface area contributed by atoms with Crippen LogP contribution >= 0.6 is 0 Å². The smallest absolute Gasteiger partial charge is 0.410 e. The SMILES string of the molecule is CC#CCOC(=O)N1CCC2(CCN(S(=O)(=O)c3cc(C)ccc3C)CC2)C1. The number of amides is 1. The van der Waals surface area contributed by atoms with Crippen molar-refractivity contribution in [3.05, 3.63) is 29.3 Å². The Morgan fingerprint density at radius 1 is 1.18 bits per heavy atom. The van der Waals surface area contributed by atoms with Crippen LogP contribution in [-0.2, 0) is 14.8 Å². The van der Waals surface area contributed by atoms with Gasteiger partial charge in [-0.1, -0.05) is 18.1 Å².